The maximum absolute atomic E-state index is 12.0. The van der Waals surface area contributed by atoms with Crippen LogP contribution in [0.25, 0.3) is 0 Å². The Morgan fingerprint density at radius 2 is 1.81 bits per heavy atom. The van der Waals surface area contributed by atoms with Gasteiger partial charge in [-0.3, -0.25) is 14.9 Å². The molecule has 0 saturated carbocycles. The molecular weight excluding hydrogens is 226 g/mol. The highest BCUT2D eigenvalue weighted by atomic mass is 35.5. The van der Waals surface area contributed by atoms with Crippen molar-refractivity contribution < 1.29 is 9.59 Å². The number of rotatable bonds is 3. The van der Waals surface area contributed by atoms with Crippen LogP contribution in [0.15, 0.2) is 35.9 Å². The van der Waals surface area contributed by atoms with Crippen molar-refractivity contribution in [2.45, 2.75) is 0 Å². The lowest BCUT2D eigenvalue weighted by molar-refractivity contribution is 0.0982. The summed E-state index contributed by atoms with van der Waals surface area (Å²) in [5, 5.41) is 2.82. The molecule has 3 nitrogen and oxygen atoms in total. The van der Waals surface area contributed by atoms with Crippen LogP contribution in [0.3, 0.4) is 0 Å². The molecule has 82 valence electrons. The van der Waals surface area contributed by atoms with Crippen LogP contribution in [0.5, 0.6) is 0 Å². The minimum atomic E-state index is -0.124. The number of alkyl halides is 1. The molecule has 1 aromatic carbocycles. The first kappa shape index (κ1) is 11.0. The lowest BCUT2D eigenvalue weighted by Gasteiger charge is -2.14. The maximum atomic E-state index is 12.0. The molecule has 1 N–H and O–H groups in total. The van der Waals surface area contributed by atoms with E-state index in [-0.39, 0.29) is 17.6 Å². The molecule has 0 heterocycles. The van der Waals surface area contributed by atoms with E-state index in [1.54, 1.807) is 24.3 Å². The maximum Gasteiger partial charge on any atom is 0.191 e. The van der Waals surface area contributed by atoms with Crippen molar-refractivity contribution in [3.63, 3.8) is 0 Å². The Hall–Kier alpha value is -1.45. The number of hydrogen-bond donors (Lipinski definition) is 1. The fourth-order valence-corrected chi connectivity index (χ4v) is 1.78. The first-order chi connectivity index (χ1) is 7.74. The molecule has 2 rings (SSSR count). The largest absolute Gasteiger partial charge is 0.300 e. The SMILES string of the molecule is O=C1C=C(CNCCl)C(=O)c2ccccc21. The lowest BCUT2D eigenvalue weighted by atomic mass is 9.89. The zero-order chi connectivity index (χ0) is 11.5. The Bertz CT molecular complexity index is 480. The molecule has 0 amide bonds. The second-order valence-corrected chi connectivity index (χ2v) is 3.74. The van der Waals surface area contributed by atoms with Crippen LogP contribution in [-0.4, -0.2) is 24.1 Å². The fourth-order valence-electron chi connectivity index (χ4n) is 1.68. The van der Waals surface area contributed by atoms with Crippen LogP contribution < -0.4 is 5.32 Å². The van der Waals surface area contributed by atoms with Gasteiger partial charge in [0.25, 0.3) is 0 Å². The summed E-state index contributed by atoms with van der Waals surface area (Å²) >= 11 is 5.47. The van der Waals surface area contributed by atoms with E-state index >= 15 is 0 Å². The Morgan fingerprint density at radius 3 is 2.50 bits per heavy atom. The third kappa shape index (κ3) is 1.92. The monoisotopic (exact) mass is 235 g/mol. The van der Waals surface area contributed by atoms with Gasteiger partial charge in [0.1, 0.15) is 0 Å². The van der Waals surface area contributed by atoms with Gasteiger partial charge in [-0.25, -0.2) is 0 Å². The van der Waals surface area contributed by atoms with Gasteiger partial charge in [0.05, 0.1) is 6.00 Å². The number of halogens is 1. The van der Waals surface area contributed by atoms with Crippen molar-refractivity contribution in [3.8, 4) is 0 Å². The van der Waals surface area contributed by atoms with Gasteiger partial charge in [-0.1, -0.05) is 24.3 Å². The van der Waals surface area contributed by atoms with E-state index in [9.17, 15) is 9.59 Å². The average molecular weight is 236 g/mol. The van der Waals surface area contributed by atoms with Crippen LogP contribution in [0.4, 0.5) is 0 Å². The quantitative estimate of drug-likeness (QED) is 0.642. The van der Waals surface area contributed by atoms with Gasteiger partial charge >= 0.3 is 0 Å². The van der Waals surface area contributed by atoms with Crippen molar-refractivity contribution in [2.75, 3.05) is 12.5 Å². The molecule has 16 heavy (non-hydrogen) atoms. The summed E-state index contributed by atoms with van der Waals surface area (Å²) in [7, 11) is 0. The van der Waals surface area contributed by atoms with E-state index < -0.39 is 0 Å². The highest BCUT2D eigenvalue weighted by molar-refractivity contribution is 6.24. The van der Waals surface area contributed by atoms with Gasteiger partial charge < -0.3 is 0 Å². The summed E-state index contributed by atoms with van der Waals surface area (Å²) in [5.41, 5.74) is 1.41. The van der Waals surface area contributed by atoms with Gasteiger partial charge in [0.15, 0.2) is 11.6 Å². The van der Waals surface area contributed by atoms with E-state index in [2.05, 4.69) is 5.32 Å². The number of benzene rings is 1. The van der Waals surface area contributed by atoms with Gasteiger partial charge in [0, 0.05) is 23.2 Å². The third-order valence-electron chi connectivity index (χ3n) is 2.44. The normalized spacial score (nSPS) is 14.7. The van der Waals surface area contributed by atoms with Crippen molar-refractivity contribution in [1.29, 1.82) is 0 Å². The summed E-state index contributed by atoms with van der Waals surface area (Å²) in [6.07, 6.45) is 1.38. The van der Waals surface area contributed by atoms with Crippen molar-refractivity contribution in [2.24, 2.45) is 0 Å². The summed E-state index contributed by atoms with van der Waals surface area (Å²) < 4.78 is 0. The average Bonchev–Trinajstić information content (AvgIpc) is 2.32. The van der Waals surface area contributed by atoms with Crippen LogP contribution in [-0.2, 0) is 0 Å². The first-order valence-electron chi connectivity index (χ1n) is 4.89. The Balaban J connectivity index is 2.36. The van der Waals surface area contributed by atoms with E-state index in [0.717, 1.165) is 0 Å². The highest BCUT2D eigenvalue weighted by Gasteiger charge is 2.24. The Morgan fingerprint density at radius 1 is 1.12 bits per heavy atom. The molecule has 0 fully saturated rings. The highest BCUT2D eigenvalue weighted by Crippen LogP contribution is 2.20. The van der Waals surface area contributed by atoms with Gasteiger partial charge in [0.2, 0.25) is 0 Å². The Kier molecular flexibility index (Phi) is 3.17. The molecule has 1 aliphatic carbocycles. The van der Waals surface area contributed by atoms with E-state index in [1.807, 2.05) is 0 Å². The standard InChI is InChI=1S/C12H10ClNO2/c13-7-14-6-8-5-11(15)9-3-1-2-4-10(9)12(8)16/h1-5,14H,6-7H2. The molecule has 0 unspecified atom stereocenters. The summed E-state index contributed by atoms with van der Waals surface area (Å²) in [6, 6.07) is 7.09. The first-order valence-corrected chi connectivity index (χ1v) is 5.43. The zero-order valence-corrected chi connectivity index (χ0v) is 9.25. The number of fused-ring (bicyclic) bond motifs is 1. The molecule has 0 aromatic heterocycles. The summed E-state index contributed by atoms with van der Waals surface area (Å²) in [4.78, 5) is 23.7. The molecule has 0 atom stereocenters. The molecule has 1 aliphatic rings. The summed E-state index contributed by atoms with van der Waals surface area (Å²) in [6.45, 7) is 0.322. The minimum Gasteiger partial charge on any atom is -0.300 e. The van der Waals surface area contributed by atoms with Gasteiger partial charge in [-0.05, 0) is 6.08 Å². The van der Waals surface area contributed by atoms with Gasteiger partial charge in [-0.2, -0.15) is 0 Å². The lowest BCUT2D eigenvalue weighted by Crippen LogP contribution is -2.25. The zero-order valence-electron chi connectivity index (χ0n) is 8.50. The molecule has 0 saturated heterocycles. The van der Waals surface area contributed by atoms with E-state index in [1.165, 1.54) is 6.08 Å². The molecule has 0 spiro atoms. The number of carbonyl (C=O) groups is 2. The van der Waals surface area contributed by atoms with Crippen LogP contribution in [0, 0.1) is 0 Å². The molecule has 0 bridgehead atoms. The van der Waals surface area contributed by atoms with Crippen molar-refractivity contribution in [1.82, 2.24) is 5.32 Å². The van der Waals surface area contributed by atoms with Crippen molar-refractivity contribution in [3.05, 3.63) is 47.0 Å². The molecule has 1 aromatic rings. The number of allylic oxidation sites excluding steroid dienone is 1. The molecular formula is C12H10ClNO2. The predicted octanol–water partition coefficient (Wildman–Crippen LogP) is 1.78. The molecule has 4 heteroatoms. The topological polar surface area (TPSA) is 46.2 Å². The number of ketones is 2. The third-order valence-corrected chi connectivity index (χ3v) is 2.63. The number of hydrogen-bond acceptors (Lipinski definition) is 3. The van der Waals surface area contributed by atoms with Crippen LogP contribution >= 0.6 is 11.6 Å². The number of nitrogens with one attached hydrogen (secondary N) is 1. The number of Topliss-reactive ketones (excluding diaryl/α,β-unsaturated/α-hetero) is 1. The number of carbonyl (C=O) groups excluding carboxylic acids is 2. The van der Waals surface area contributed by atoms with Gasteiger partial charge in [-0.15, -0.1) is 11.6 Å². The van der Waals surface area contributed by atoms with Crippen molar-refractivity contribution >= 4 is 23.2 Å². The minimum absolute atomic E-state index is 0.104. The fraction of sp³-hybridized carbons (Fsp3) is 0.167. The second-order valence-electron chi connectivity index (χ2n) is 3.47. The smallest absolute Gasteiger partial charge is 0.191 e. The second kappa shape index (κ2) is 4.60. The van der Waals surface area contributed by atoms with Crippen LogP contribution in [0.1, 0.15) is 20.7 Å². The Labute approximate surface area is 98.1 Å². The summed E-state index contributed by atoms with van der Waals surface area (Å²) in [5.74, 6) is -0.227. The van der Waals surface area contributed by atoms with Crippen LogP contribution in [0.2, 0.25) is 0 Å². The van der Waals surface area contributed by atoms with E-state index in [0.29, 0.717) is 23.2 Å². The molecule has 0 aliphatic heterocycles. The van der Waals surface area contributed by atoms with E-state index in [4.69, 9.17) is 11.6 Å². The molecule has 0 radical (unpaired) electrons. The predicted molar refractivity (Wildman–Crippen MR) is 61.9 cm³/mol.